The molecule has 1 heterocycles. The molecule has 1 aromatic heterocycles. The highest BCUT2D eigenvalue weighted by Gasteiger charge is 2.26. The summed E-state index contributed by atoms with van der Waals surface area (Å²) < 4.78 is 2.19. The number of aromatic nitrogens is 2. The van der Waals surface area contributed by atoms with Crippen molar-refractivity contribution in [3.05, 3.63) is 23.2 Å². The van der Waals surface area contributed by atoms with Gasteiger partial charge in [-0.3, -0.25) is 0 Å². The molecule has 0 amide bonds. The Kier molecular flexibility index (Phi) is 2.94. The van der Waals surface area contributed by atoms with E-state index in [-0.39, 0.29) is 0 Å². The Hall–Kier alpha value is -1.22. The molecule has 1 aromatic carbocycles. The van der Waals surface area contributed by atoms with Crippen LogP contribution >= 0.6 is 11.6 Å². The van der Waals surface area contributed by atoms with Gasteiger partial charge >= 0.3 is 0 Å². The molecule has 3 nitrogen and oxygen atoms in total. The molecular formula is C14H18ClN3. The number of nitrogens with two attached hydrogens (primary N) is 1. The summed E-state index contributed by atoms with van der Waals surface area (Å²) in [4.78, 5) is 4.43. The molecule has 2 atom stereocenters. The number of fused-ring (bicyclic) bond motifs is 1. The Labute approximate surface area is 112 Å². The van der Waals surface area contributed by atoms with Crippen LogP contribution in [0.4, 0.5) is 5.95 Å². The van der Waals surface area contributed by atoms with E-state index in [1.54, 1.807) is 0 Å². The molecule has 0 aliphatic heterocycles. The third-order valence-corrected chi connectivity index (χ3v) is 4.40. The highest BCUT2D eigenvalue weighted by Crippen LogP contribution is 2.38. The molecule has 18 heavy (non-hydrogen) atoms. The molecule has 96 valence electrons. The lowest BCUT2D eigenvalue weighted by atomic mass is 9.85. The largest absolute Gasteiger partial charge is 0.369 e. The van der Waals surface area contributed by atoms with E-state index < -0.39 is 0 Å². The van der Waals surface area contributed by atoms with E-state index in [4.69, 9.17) is 17.3 Å². The van der Waals surface area contributed by atoms with E-state index in [1.165, 1.54) is 25.7 Å². The lowest BCUT2D eigenvalue weighted by Crippen LogP contribution is -2.22. The number of hydrogen-bond acceptors (Lipinski definition) is 2. The van der Waals surface area contributed by atoms with Gasteiger partial charge in [-0.2, -0.15) is 0 Å². The lowest BCUT2D eigenvalue weighted by molar-refractivity contribution is 0.264. The van der Waals surface area contributed by atoms with E-state index in [9.17, 15) is 0 Å². The predicted octanol–water partition coefficient (Wildman–Crippen LogP) is 4.02. The van der Waals surface area contributed by atoms with Crippen LogP contribution in [-0.2, 0) is 0 Å². The first-order valence-corrected chi connectivity index (χ1v) is 6.98. The number of halogens is 1. The first kappa shape index (κ1) is 11.8. The normalized spacial score (nSPS) is 24.6. The molecule has 2 unspecified atom stereocenters. The van der Waals surface area contributed by atoms with E-state index in [0.717, 1.165) is 11.0 Å². The number of imidazole rings is 1. The topological polar surface area (TPSA) is 43.8 Å². The molecule has 4 heteroatoms. The van der Waals surface area contributed by atoms with E-state index >= 15 is 0 Å². The van der Waals surface area contributed by atoms with Gasteiger partial charge in [0, 0.05) is 6.04 Å². The molecule has 0 saturated heterocycles. The fraction of sp³-hybridized carbons (Fsp3) is 0.500. The summed E-state index contributed by atoms with van der Waals surface area (Å²) in [6.45, 7) is 2.31. The first-order valence-electron chi connectivity index (χ1n) is 6.60. The zero-order chi connectivity index (χ0) is 12.7. The van der Waals surface area contributed by atoms with Crippen molar-refractivity contribution in [3.8, 4) is 0 Å². The number of para-hydroxylation sites is 1. The maximum atomic E-state index is 6.19. The third-order valence-electron chi connectivity index (χ3n) is 4.10. The minimum absolute atomic E-state index is 0.460. The Morgan fingerprint density at radius 2 is 2.11 bits per heavy atom. The smallest absolute Gasteiger partial charge is 0.201 e. The summed E-state index contributed by atoms with van der Waals surface area (Å²) in [5.74, 6) is 1.24. The number of nitrogens with zero attached hydrogens (tertiary/aromatic N) is 2. The van der Waals surface area contributed by atoms with Gasteiger partial charge in [0.1, 0.15) is 5.52 Å². The van der Waals surface area contributed by atoms with Gasteiger partial charge in [0.15, 0.2) is 0 Å². The van der Waals surface area contributed by atoms with Crippen LogP contribution < -0.4 is 5.73 Å². The molecule has 0 radical (unpaired) electrons. The molecular weight excluding hydrogens is 246 g/mol. The molecule has 2 aromatic rings. The van der Waals surface area contributed by atoms with Crippen molar-refractivity contribution in [2.75, 3.05) is 5.73 Å². The predicted molar refractivity (Wildman–Crippen MR) is 75.8 cm³/mol. The summed E-state index contributed by atoms with van der Waals surface area (Å²) in [7, 11) is 0. The molecule has 3 rings (SSSR count). The van der Waals surface area contributed by atoms with Crippen LogP contribution in [0.3, 0.4) is 0 Å². The summed E-state index contributed by atoms with van der Waals surface area (Å²) >= 11 is 6.19. The molecule has 0 spiro atoms. The average molecular weight is 264 g/mol. The summed E-state index contributed by atoms with van der Waals surface area (Å²) in [5.41, 5.74) is 8.00. The van der Waals surface area contributed by atoms with Crippen LogP contribution in [0, 0.1) is 5.92 Å². The second-order valence-corrected chi connectivity index (χ2v) is 5.68. The fourth-order valence-electron chi connectivity index (χ4n) is 3.13. The van der Waals surface area contributed by atoms with Gasteiger partial charge in [-0.25, -0.2) is 4.98 Å². The van der Waals surface area contributed by atoms with Crippen molar-refractivity contribution in [2.45, 2.75) is 38.6 Å². The van der Waals surface area contributed by atoms with Crippen molar-refractivity contribution in [1.29, 1.82) is 0 Å². The van der Waals surface area contributed by atoms with E-state index in [0.29, 0.717) is 22.9 Å². The zero-order valence-corrected chi connectivity index (χ0v) is 11.3. The fourth-order valence-corrected chi connectivity index (χ4v) is 3.34. The number of anilines is 1. The maximum Gasteiger partial charge on any atom is 0.201 e. The highest BCUT2D eigenvalue weighted by molar-refractivity contribution is 6.35. The van der Waals surface area contributed by atoms with Crippen molar-refractivity contribution in [3.63, 3.8) is 0 Å². The van der Waals surface area contributed by atoms with Crippen LogP contribution in [0.1, 0.15) is 38.6 Å². The Morgan fingerprint density at radius 1 is 1.33 bits per heavy atom. The SMILES string of the molecule is CC1CCCCC1n1c(N)nc2c(Cl)cccc21. The third kappa shape index (κ3) is 1.77. The summed E-state index contributed by atoms with van der Waals surface area (Å²) in [5, 5.41) is 0.682. The van der Waals surface area contributed by atoms with Crippen LogP contribution in [0.2, 0.25) is 5.02 Å². The Balaban J connectivity index is 2.16. The maximum absolute atomic E-state index is 6.19. The van der Waals surface area contributed by atoms with Gasteiger partial charge in [0.25, 0.3) is 0 Å². The molecule has 1 saturated carbocycles. The first-order chi connectivity index (χ1) is 8.68. The van der Waals surface area contributed by atoms with Gasteiger partial charge < -0.3 is 10.3 Å². The second-order valence-electron chi connectivity index (χ2n) is 5.28. The van der Waals surface area contributed by atoms with Gasteiger partial charge in [-0.05, 0) is 30.9 Å². The number of benzene rings is 1. The highest BCUT2D eigenvalue weighted by atomic mass is 35.5. The van der Waals surface area contributed by atoms with Crippen LogP contribution in [-0.4, -0.2) is 9.55 Å². The molecule has 0 bridgehead atoms. The minimum atomic E-state index is 0.460. The monoisotopic (exact) mass is 263 g/mol. The van der Waals surface area contributed by atoms with Crippen LogP contribution in [0.25, 0.3) is 11.0 Å². The Bertz CT molecular complexity index is 576. The van der Waals surface area contributed by atoms with Gasteiger partial charge in [0.2, 0.25) is 5.95 Å². The number of hydrogen-bond donors (Lipinski definition) is 1. The zero-order valence-electron chi connectivity index (χ0n) is 10.6. The lowest BCUT2D eigenvalue weighted by Gasteiger charge is -2.30. The van der Waals surface area contributed by atoms with E-state index in [1.807, 2.05) is 12.1 Å². The van der Waals surface area contributed by atoms with Crippen molar-refractivity contribution in [2.24, 2.45) is 5.92 Å². The van der Waals surface area contributed by atoms with Crippen LogP contribution in [0.5, 0.6) is 0 Å². The Morgan fingerprint density at radius 3 is 2.89 bits per heavy atom. The van der Waals surface area contributed by atoms with Crippen molar-refractivity contribution in [1.82, 2.24) is 9.55 Å². The van der Waals surface area contributed by atoms with E-state index in [2.05, 4.69) is 22.5 Å². The summed E-state index contributed by atoms with van der Waals surface area (Å²) in [6.07, 6.45) is 5.05. The van der Waals surface area contributed by atoms with Crippen LogP contribution in [0.15, 0.2) is 18.2 Å². The molecule has 1 aliphatic carbocycles. The minimum Gasteiger partial charge on any atom is -0.369 e. The van der Waals surface area contributed by atoms with Crippen molar-refractivity contribution >= 4 is 28.6 Å². The molecule has 1 fully saturated rings. The van der Waals surface area contributed by atoms with Gasteiger partial charge in [-0.1, -0.05) is 37.4 Å². The van der Waals surface area contributed by atoms with Gasteiger partial charge in [0.05, 0.1) is 10.5 Å². The average Bonchev–Trinajstić information content (AvgIpc) is 2.68. The second kappa shape index (κ2) is 4.47. The number of nitrogen functional groups attached to an aromatic ring is 1. The molecule has 2 N–H and O–H groups in total. The quantitative estimate of drug-likeness (QED) is 0.844. The van der Waals surface area contributed by atoms with Gasteiger partial charge in [-0.15, -0.1) is 0 Å². The van der Waals surface area contributed by atoms with Crippen molar-refractivity contribution < 1.29 is 0 Å². The molecule has 1 aliphatic rings. The summed E-state index contributed by atoms with van der Waals surface area (Å²) in [6, 6.07) is 6.36. The standard InChI is InChI=1S/C14H18ClN3/c1-9-5-2-3-7-11(9)18-12-8-4-6-10(15)13(12)17-14(18)16/h4,6,8-9,11H,2-3,5,7H2,1H3,(H2,16,17). The number of rotatable bonds is 1.